The number of nitrogens with zero attached hydrogens (tertiary/aromatic N) is 1. The van der Waals surface area contributed by atoms with Crippen LogP contribution in [0.5, 0.6) is 0 Å². The minimum atomic E-state index is -1.16. The molecule has 4 N–H and O–H groups in total. The van der Waals surface area contributed by atoms with Crippen LogP contribution in [-0.4, -0.2) is 45.0 Å². The number of carboxylic acids is 1. The summed E-state index contributed by atoms with van der Waals surface area (Å²) in [6.07, 6.45) is 0. The lowest BCUT2D eigenvalue weighted by Crippen LogP contribution is -2.71. The third-order valence-corrected chi connectivity index (χ3v) is 5.59. The molecule has 0 bridgehead atoms. The molecule has 1 saturated heterocycles. The van der Waals surface area contributed by atoms with Crippen LogP contribution >= 0.6 is 11.8 Å². The molecule has 2 amide bonds. The smallest absolute Gasteiger partial charge is 0.352 e. The summed E-state index contributed by atoms with van der Waals surface area (Å²) >= 11 is 1.38. The van der Waals surface area contributed by atoms with Crippen molar-refractivity contribution in [2.45, 2.75) is 24.4 Å². The number of fused-ring (bicyclic) bond motifs is 1. The number of benzene rings is 1. The Hall–Kier alpha value is -2.39. The molecule has 1 aromatic carbocycles. The summed E-state index contributed by atoms with van der Waals surface area (Å²) < 4.78 is 12.9. The molecule has 2 aliphatic rings. The summed E-state index contributed by atoms with van der Waals surface area (Å²) in [5.41, 5.74) is 6.86. The highest BCUT2D eigenvalue weighted by molar-refractivity contribution is 8.00. The third-order valence-electron chi connectivity index (χ3n) is 4.17. The summed E-state index contributed by atoms with van der Waals surface area (Å²) in [6.45, 7) is 1.66. The van der Waals surface area contributed by atoms with Gasteiger partial charge in [-0.15, -0.1) is 11.8 Å². The molecule has 9 heteroatoms. The van der Waals surface area contributed by atoms with Crippen molar-refractivity contribution in [1.82, 2.24) is 10.2 Å². The van der Waals surface area contributed by atoms with Gasteiger partial charge >= 0.3 is 5.97 Å². The number of nitrogens with two attached hydrogens (primary N) is 1. The first-order valence-corrected chi connectivity index (χ1v) is 8.55. The van der Waals surface area contributed by atoms with E-state index < -0.39 is 41.1 Å². The van der Waals surface area contributed by atoms with Crippen LogP contribution in [0.25, 0.3) is 0 Å². The first kappa shape index (κ1) is 17.4. The van der Waals surface area contributed by atoms with Crippen molar-refractivity contribution in [2.75, 3.05) is 5.75 Å². The van der Waals surface area contributed by atoms with Gasteiger partial charge < -0.3 is 16.2 Å². The lowest BCUT2D eigenvalue weighted by molar-refractivity contribution is -0.150. The number of amides is 2. The number of thioether (sulfide) groups is 1. The number of carbonyl (C=O) groups excluding carboxylic acids is 2. The van der Waals surface area contributed by atoms with Crippen molar-refractivity contribution in [1.29, 1.82) is 0 Å². The van der Waals surface area contributed by atoms with Crippen molar-refractivity contribution < 1.29 is 23.9 Å². The van der Waals surface area contributed by atoms with Crippen LogP contribution in [0.2, 0.25) is 0 Å². The zero-order chi connectivity index (χ0) is 18.3. The van der Waals surface area contributed by atoms with Crippen molar-refractivity contribution in [3.63, 3.8) is 0 Å². The number of β-lactam (4-membered cyclic amide) rings is 1. The number of hydrogen-bond donors (Lipinski definition) is 3. The molecule has 0 radical (unpaired) electrons. The fraction of sp³-hybridized carbons (Fsp3) is 0.312. The van der Waals surface area contributed by atoms with Crippen LogP contribution in [0.15, 0.2) is 35.5 Å². The Balaban J connectivity index is 1.71. The van der Waals surface area contributed by atoms with E-state index in [0.717, 1.165) is 0 Å². The van der Waals surface area contributed by atoms with E-state index in [1.54, 1.807) is 6.92 Å². The Kier molecular flexibility index (Phi) is 4.53. The van der Waals surface area contributed by atoms with E-state index in [0.29, 0.717) is 16.9 Å². The summed E-state index contributed by atoms with van der Waals surface area (Å²) in [7, 11) is 0. The predicted octanol–water partition coefficient (Wildman–Crippen LogP) is 0.584. The van der Waals surface area contributed by atoms with E-state index in [1.165, 1.54) is 40.9 Å². The van der Waals surface area contributed by atoms with Gasteiger partial charge in [0.05, 0.1) is 0 Å². The molecule has 2 heterocycles. The minimum absolute atomic E-state index is 0.0258. The van der Waals surface area contributed by atoms with E-state index in [1.807, 2.05) is 0 Å². The normalized spacial score (nSPS) is 23.6. The first-order valence-electron chi connectivity index (χ1n) is 7.50. The SMILES string of the molecule is CC1=C(C(=O)O)N2C(=O)[C@@H](NC(=O)[C@H](N)c3ccc(F)cc3)[C@H]2SC1. The van der Waals surface area contributed by atoms with Crippen molar-refractivity contribution >= 4 is 29.5 Å². The molecule has 132 valence electrons. The van der Waals surface area contributed by atoms with Crippen molar-refractivity contribution in [2.24, 2.45) is 5.73 Å². The number of halogens is 1. The average molecular weight is 365 g/mol. The lowest BCUT2D eigenvalue weighted by Gasteiger charge is -2.49. The Morgan fingerprint density at radius 2 is 2.04 bits per heavy atom. The quantitative estimate of drug-likeness (QED) is 0.673. The molecule has 25 heavy (non-hydrogen) atoms. The largest absolute Gasteiger partial charge is 0.477 e. The number of aliphatic carboxylic acids is 1. The van der Waals surface area contributed by atoms with Crippen LogP contribution < -0.4 is 11.1 Å². The molecule has 7 nitrogen and oxygen atoms in total. The predicted molar refractivity (Wildman–Crippen MR) is 88.7 cm³/mol. The van der Waals surface area contributed by atoms with Gasteiger partial charge in [0.2, 0.25) is 5.91 Å². The Morgan fingerprint density at radius 1 is 1.40 bits per heavy atom. The zero-order valence-corrected chi connectivity index (χ0v) is 14.0. The molecular weight excluding hydrogens is 349 g/mol. The van der Waals surface area contributed by atoms with Crippen LogP contribution in [-0.2, 0) is 14.4 Å². The van der Waals surface area contributed by atoms with Crippen LogP contribution in [0.1, 0.15) is 18.5 Å². The molecule has 2 aliphatic heterocycles. The van der Waals surface area contributed by atoms with Gasteiger partial charge in [0.25, 0.3) is 5.91 Å². The fourth-order valence-electron chi connectivity index (χ4n) is 2.84. The first-order chi connectivity index (χ1) is 11.8. The average Bonchev–Trinajstić information content (AvgIpc) is 2.58. The molecule has 1 aromatic rings. The van der Waals surface area contributed by atoms with E-state index >= 15 is 0 Å². The highest BCUT2D eigenvalue weighted by Crippen LogP contribution is 2.40. The summed E-state index contributed by atoms with van der Waals surface area (Å²) in [5, 5.41) is 11.4. The molecule has 1 fully saturated rings. The topological polar surface area (TPSA) is 113 Å². The maximum atomic E-state index is 12.9. The lowest BCUT2D eigenvalue weighted by atomic mass is 10.0. The second-order valence-corrected chi connectivity index (χ2v) is 6.96. The summed E-state index contributed by atoms with van der Waals surface area (Å²) in [5.74, 6) is -2.19. The molecule has 0 unspecified atom stereocenters. The van der Waals surface area contributed by atoms with E-state index in [9.17, 15) is 23.9 Å². The maximum Gasteiger partial charge on any atom is 0.352 e. The fourth-order valence-corrected chi connectivity index (χ4v) is 4.13. The Morgan fingerprint density at radius 3 is 2.64 bits per heavy atom. The van der Waals surface area contributed by atoms with Gasteiger partial charge in [-0.3, -0.25) is 14.5 Å². The Labute approximate surface area is 147 Å². The standard InChI is InChI=1S/C16H16FN3O4S/c1-7-6-25-15-11(14(22)20(15)12(7)16(23)24)19-13(21)10(18)8-2-4-9(17)5-3-8/h2-5,10-11,15H,6,18H2,1H3,(H,19,21)(H,23,24)/t10-,11-,15-/m1/s1. The van der Waals surface area contributed by atoms with Gasteiger partial charge in [0, 0.05) is 5.75 Å². The van der Waals surface area contributed by atoms with E-state index in [4.69, 9.17) is 5.73 Å². The molecule has 0 saturated carbocycles. The summed E-state index contributed by atoms with van der Waals surface area (Å²) in [6, 6.07) is 3.32. The van der Waals surface area contributed by atoms with Gasteiger partial charge in [-0.25, -0.2) is 9.18 Å². The van der Waals surface area contributed by atoms with Crippen molar-refractivity contribution in [3.8, 4) is 0 Å². The zero-order valence-electron chi connectivity index (χ0n) is 13.2. The number of hydrogen-bond acceptors (Lipinski definition) is 5. The van der Waals surface area contributed by atoms with Crippen molar-refractivity contribution in [3.05, 3.63) is 46.9 Å². The second-order valence-electron chi connectivity index (χ2n) is 5.86. The molecule has 3 atom stereocenters. The Bertz CT molecular complexity index is 780. The molecule has 0 aliphatic carbocycles. The van der Waals surface area contributed by atoms with E-state index in [2.05, 4.69) is 5.32 Å². The maximum absolute atomic E-state index is 12.9. The number of nitrogens with one attached hydrogen (secondary N) is 1. The van der Waals surface area contributed by atoms with Gasteiger partial charge in [-0.05, 0) is 30.2 Å². The number of carboxylic acid groups (broad SMARTS) is 1. The van der Waals surface area contributed by atoms with Crippen LogP contribution in [0.4, 0.5) is 4.39 Å². The van der Waals surface area contributed by atoms with Crippen LogP contribution in [0.3, 0.4) is 0 Å². The number of rotatable bonds is 4. The van der Waals surface area contributed by atoms with Gasteiger partial charge in [-0.2, -0.15) is 0 Å². The molecule has 3 rings (SSSR count). The van der Waals surface area contributed by atoms with Crippen LogP contribution in [0, 0.1) is 5.82 Å². The highest BCUT2D eigenvalue weighted by atomic mass is 32.2. The van der Waals surface area contributed by atoms with E-state index in [-0.39, 0.29) is 5.70 Å². The highest BCUT2D eigenvalue weighted by Gasteiger charge is 2.53. The minimum Gasteiger partial charge on any atom is -0.477 e. The van der Waals surface area contributed by atoms with Gasteiger partial charge in [0.15, 0.2) is 0 Å². The van der Waals surface area contributed by atoms with Gasteiger partial charge in [-0.1, -0.05) is 12.1 Å². The summed E-state index contributed by atoms with van der Waals surface area (Å²) in [4.78, 5) is 37.1. The second kappa shape index (κ2) is 6.49. The number of carbonyl (C=O) groups is 3. The van der Waals surface area contributed by atoms with Gasteiger partial charge in [0.1, 0.15) is 29.0 Å². The molecule has 0 spiro atoms. The monoisotopic (exact) mass is 365 g/mol. The third kappa shape index (κ3) is 3.00. The molecule has 0 aromatic heterocycles. The molecular formula is C16H16FN3O4S.